The van der Waals surface area contributed by atoms with Gasteiger partial charge in [0.15, 0.2) is 0 Å². The second kappa shape index (κ2) is 6.42. The summed E-state index contributed by atoms with van der Waals surface area (Å²) in [6, 6.07) is 16.5. The topological polar surface area (TPSA) is 45.5 Å². The quantitative estimate of drug-likeness (QED) is 0.862. The van der Waals surface area contributed by atoms with Crippen LogP contribution in [0.5, 0.6) is 11.5 Å². The molecule has 1 fully saturated rings. The fourth-order valence-corrected chi connectivity index (χ4v) is 4.06. The van der Waals surface area contributed by atoms with E-state index in [2.05, 4.69) is 29.2 Å². The van der Waals surface area contributed by atoms with Crippen molar-refractivity contribution in [2.45, 2.75) is 24.8 Å². The maximum absolute atomic E-state index is 9.11. The number of hydrogen-bond donors (Lipinski definition) is 0. The summed E-state index contributed by atoms with van der Waals surface area (Å²) in [5, 5.41) is 9.11. The molecule has 0 saturated carbocycles. The molecular formula is C21H22N2O2. The van der Waals surface area contributed by atoms with E-state index >= 15 is 0 Å². The largest absolute Gasteiger partial charge is 0.495 e. The van der Waals surface area contributed by atoms with Gasteiger partial charge >= 0.3 is 0 Å². The Morgan fingerprint density at radius 1 is 1.20 bits per heavy atom. The lowest BCUT2D eigenvalue weighted by Gasteiger charge is -2.38. The van der Waals surface area contributed by atoms with Crippen LogP contribution in [0.25, 0.3) is 0 Å². The van der Waals surface area contributed by atoms with E-state index in [4.69, 9.17) is 14.7 Å². The predicted molar refractivity (Wildman–Crippen MR) is 95.8 cm³/mol. The smallest absolute Gasteiger partial charge is 0.136 e. The van der Waals surface area contributed by atoms with Crippen LogP contribution in [0.3, 0.4) is 0 Å². The normalized spacial score (nSPS) is 18.4. The number of rotatable bonds is 3. The maximum atomic E-state index is 9.11. The Kier molecular flexibility index (Phi) is 4.10. The van der Waals surface area contributed by atoms with Crippen molar-refractivity contribution in [3.63, 3.8) is 0 Å². The van der Waals surface area contributed by atoms with Crippen molar-refractivity contribution in [2.75, 3.05) is 26.8 Å². The summed E-state index contributed by atoms with van der Waals surface area (Å²) in [6.07, 6.45) is 2.24. The molecule has 0 unspecified atom stereocenters. The van der Waals surface area contributed by atoms with Crippen molar-refractivity contribution < 1.29 is 9.47 Å². The minimum atomic E-state index is 0.190. The average molecular weight is 334 g/mol. The van der Waals surface area contributed by atoms with Crippen molar-refractivity contribution in [1.82, 2.24) is 4.90 Å². The van der Waals surface area contributed by atoms with Gasteiger partial charge in [0.2, 0.25) is 0 Å². The standard InChI is InChI=1S/C21H22N2O2/c1-24-20-12-16(6-7-17(20)13-22)14-23-10-8-21(9-11-23)15-25-19-5-3-2-4-18(19)21/h2-7,12H,8-11,14-15H2,1H3. The summed E-state index contributed by atoms with van der Waals surface area (Å²) in [4.78, 5) is 2.48. The molecular weight excluding hydrogens is 312 g/mol. The third-order valence-electron chi connectivity index (χ3n) is 5.57. The molecule has 4 rings (SSSR count). The molecule has 1 spiro atoms. The van der Waals surface area contributed by atoms with Crippen LogP contribution in [-0.4, -0.2) is 31.7 Å². The minimum absolute atomic E-state index is 0.190. The lowest BCUT2D eigenvalue weighted by molar-refractivity contribution is 0.130. The summed E-state index contributed by atoms with van der Waals surface area (Å²) in [5.74, 6) is 1.72. The molecule has 2 aliphatic heterocycles. The molecule has 0 N–H and O–H groups in total. The molecule has 25 heavy (non-hydrogen) atoms. The molecule has 4 heteroatoms. The highest BCUT2D eigenvalue weighted by atomic mass is 16.5. The summed E-state index contributed by atoms with van der Waals surface area (Å²) >= 11 is 0. The van der Waals surface area contributed by atoms with Gasteiger partial charge < -0.3 is 9.47 Å². The van der Waals surface area contributed by atoms with Crippen LogP contribution >= 0.6 is 0 Å². The molecule has 0 aliphatic carbocycles. The van der Waals surface area contributed by atoms with Gasteiger partial charge in [-0.2, -0.15) is 5.26 Å². The summed E-state index contributed by atoms with van der Waals surface area (Å²) < 4.78 is 11.3. The molecule has 0 amide bonds. The van der Waals surface area contributed by atoms with E-state index in [-0.39, 0.29) is 5.41 Å². The number of nitrogens with zero attached hydrogens (tertiary/aromatic N) is 2. The van der Waals surface area contributed by atoms with Crippen LogP contribution in [0.4, 0.5) is 0 Å². The molecule has 128 valence electrons. The minimum Gasteiger partial charge on any atom is -0.495 e. The monoisotopic (exact) mass is 334 g/mol. The number of para-hydroxylation sites is 1. The van der Waals surface area contributed by atoms with Gasteiger partial charge in [-0.1, -0.05) is 24.3 Å². The van der Waals surface area contributed by atoms with Crippen molar-refractivity contribution >= 4 is 0 Å². The van der Waals surface area contributed by atoms with E-state index in [1.54, 1.807) is 7.11 Å². The van der Waals surface area contributed by atoms with Crippen LogP contribution in [0.15, 0.2) is 42.5 Å². The molecule has 0 radical (unpaired) electrons. The fraction of sp³-hybridized carbons (Fsp3) is 0.381. The number of methoxy groups -OCH3 is 1. The lowest BCUT2D eigenvalue weighted by Crippen LogP contribution is -2.43. The van der Waals surface area contributed by atoms with Gasteiger partial charge in [0, 0.05) is 17.5 Å². The van der Waals surface area contributed by atoms with Gasteiger partial charge in [-0.3, -0.25) is 4.90 Å². The molecule has 2 heterocycles. The van der Waals surface area contributed by atoms with Crippen LogP contribution < -0.4 is 9.47 Å². The third-order valence-corrected chi connectivity index (χ3v) is 5.57. The van der Waals surface area contributed by atoms with Gasteiger partial charge in [-0.15, -0.1) is 0 Å². The molecule has 1 saturated heterocycles. The molecule has 4 nitrogen and oxygen atoms in total. The molecule has 2 aromatic carbocycles. The van der Waals surface area contributed by atoms with Crippen molar-refractivity contribution in [3.8, 4) is 17.6 Å². The van der Waals surface area contributed by atoms with E-state index in [9.17, 15) is 0 Å². The molecule has 0 bridgehead atoms. The van der Waals surface area contributed by atoms with E-state index in [0.717, 1.165) is 44.8 Å². The number of ether oxygens (including phenoxy) is 2. The van der Waals surface area contributed by atoms with Gasteiger partial charge in [0.1, 0.15) is 17.6 Å². The highest BCUT2D eigenvalue weighted by molar-refractivity contribution is 5.46. The molecule has 2 aromatic rings. The van der Waals surface area contributed by atoms with E-state index in [0.29, 0.717) is 11.3 Å². The van der Waals surface area contributed by atoms with Gasteiger partial charge in [-0.25, -0.2) is 0 Å². The molecule has 0 aromatic heterocycles. The summed E-state index contributed by atoms with van der Waals surface area (Å²) in [5.41, 5.74) is 3.35. The van der Waals surface area contributed by atoms with Crippen molar-refractivity contribution in [3.05, 3.63) is 59.2 Å². The van der Waals surface area contributed by atoms with Crippen LogP contribution in [0.1, 0.15) is 29.5 Å². The molecule has 0 atom stereocenters. The highest BCUT2D eigenvalue weighted by Crippen LogP contribution is 2.45. The zero-order chi connectivity index (χ0) is 17.3. The zero-order valence-electron chi connectivity index (χ0n) is 14.5. The SMILES string of the molecule is COc1cc(CN2CCC3(CC2)COc2ccccc23)ccc1C#N. The fourth-order valence-electron chi connectivity index (χ4n) is 4.06. The number of hydrogen-bond acceptors (Lipinski definition) is 4. The van der Waals surface area contributed by atoms with E-state index < -0.39 is 0 Å². The van der Waals surface area contributed by atoms with Crippen molar-refractivity contribution in [1.29, 1.82) is 5.26 Å². The Bertz CT molecular complexity index is 817. The number of likely N-dealkylation sites (tertiary alicyclic amines) is 1. The Labute approximate surface area is 148 Å². The highest BCUT2D eigenvalue weighted by Gasteiger charge is 2.42. The first-order valence-electron chi connectivity index (χ1n) is 8.76. The Hall–Kier alpha value is -2.51. The predicted octanol–water partition coefficient (Wildman–Crippen LogP) is 3.49. The maximum Gasteiger partial charge on any atom is 0.136 e. The van der Waals surface area contributed by atoms with Crippen LogP contribution in [0, 0.1) is 11.3 Å². The van der Waals surface area contributed by atoms with Gasteiger partial charge in [0.25, 0.3) is 0 Å². The Morgan fingerprint density at radius 3 is 2.76 bits per heavy atom. The number of piperidine rings is 1. The first-order valence-corrected chi connectivity index (χ1v) is 8.76. The molecule has 2 aliphatic rings. The average Bonchev–Trinajstić information content (AvgIpc) is 3.02. The first kappa shape index (κ1) is 16.0. The summed E-state index contributed by atoms with van der Waals surface area (Å²) in [6.45, 7) is 3.81. The zero-order valence-corrected chi connectivity index (χ0v) is 14.5. The Morgan fingerprint density at radius 2 is 2.00 bits per heavy atom. The lowest BCUT2D eigenvalue weighted by atomic mass is 9.74. The third kappa shape index (κ3) is 2.85. The van der Waals surface area contributed by atoms with Crippen LogP contribution in [0.2, 0.25) is 0 Å². The van der Waals surface area contributed by atoms with Gasteiger partial charge in [0.05, 0.1) is 19.3 Å². The Balaban J connectivity index is 1.44. The van der Waals surface area contributed by atoms with Gasteiger partial charge in [-0.05, 0) is 49.7 Å². The second-order valence-corrected chi connectivity index (χ2v) is 6.99. The van der Waals surface area contributed by atoms with E-state index in [1.165, 1.54) is 11.1 Å². The number of nitriles is 1. The summed E-state index contributed by atoms with van der Waals surface area (Å²) in [7, 11) is 1.61. The second-order valence-electron chi connectivity index (χ2n) is 6.99. The van der Waals surface area contributed by atoms with E-state index in [1.807, 2.05) is 24.3 Å². The first-order chi connectivity index (χ1) is 12.2. The number of benzene rings is 2. The van der Waals surface area contributed by atoms with Crippen LogP contribution in [-0.2, 0) is 12.0 Å². The number of fused-ring (bicyclic) bond motifs is 2. The van der Waals surface area contributed by atoms with Crippen molar-refractivity contribution in [2.24, 2.45) is 0 Å².